The molecule has 132 valence electrons. The SMILES string of the molecule is C[C@@H]1C[C@H](C)CN([C@H](C(=O)NC2CCCC2)c2ccc(Cl)cc2)C1. The average molecular weight is 349 g/mol. The minimum atomic E-state index is -0.201. The van der Waals surface area contributed by atoms with E-state index in [1.54, 1.807) is 0 Å². The monoisotopic (exact) mass is 348 g/mol. The number of carbonyl (C=O) groups excluding carboxylic acids is 1. The van der Waals surface area contributed by atoms with Gasteiger partial charge in [0.2, 0.25) is 5.91 Å². The number of likely N-dealkylation sites (tertiary alicyclic amines) is 1. The molecule has 0 radical (unpaired) electrons. The summed E-state index contributed by atoms with van der Waals surface area (Å²) in [6.45, 7) is 6.54. The highest BCUT2D eigenvalue weighted by atomic mass is 35.5. The summed E-state index contributed by atoms with van der Waals surface area (Å²) in [6.07, 6.45) is 5.94. The van der Waals surface area contributed by atoms with Crippen LogP contribution in [0.25, 0.3) is 0 Å². The van der Waals surface area contributed by atoms with Crippen LogP contribution < -0.4 is 5.32 Å². The van der Waals surface area contributed by atoms with Crippen LogP contribution in [0.3, 0.4) is 0 Å². The van der Waals surface area contributed by atoms with Crippen LogP contribution in [0.4, 0.5) is 0 Å². The van der Waals surface area contributed by atoms with Crippen LogP contribution in [0.2, 0.25) is 5.02 Å². The van der Waals surface area contributed by atoms with Crippen molar-refractivity contribution in [2.24, 2.45) is 11.8 Å². The van der Waals surface area contributed by atoms with E-state index in [9.17, 15) is 4.79 Å². The predicted molar refractivity (Wildman–Crippen MR) is 99.1 cm³/mol. The Morgan fingerprint density at radius 1 is 1.12 bits per heavy atom. The van der Waals surface area contributed by atoms with Crippen molar-refractivity contribution in [1.82, 2.24) is 10.2 Å². The molecule has 2 aliphatic rings. The highest BCUT2D eigenvalue weighted by Crippen LogP contribution is 2.31. The van der Waals surface area contributed by atoms with E-state index in [1.165, 1.54) is 19.3 Å². The van der Waals surface area contributed by atoms with Crippen LogP contribution >= 0.6 is 11.6 Å². The minimum Gasteiger partial charge on any atom is -0.352 e. The molecule has 1 aromatic carbocycles. The second kappa shape index (κ2) is 7.88. The lowest BCUT2D eigenvalue weighted by Crippen LogP contribution is -2.48. The predicted octanol–water partition coefficient (Wildman–Crippen LogP) is 4.42. The molecule has 3 atom stereocenters. The van der Waals surface area contributed by atoms with Gasteiger partial charge in [0, 0.05) is 24.2 Å². The van der Waals surface area contributed by atoms with Crippen molar-refractivity contribution in [3.8, 4) is 0 Å². The van der Waals surface area contributed by atoms with Gasteiger partial charge < -0.3 is 5.32 Å². The smallest absolute Gasteiger partial charge is 0.242 e. The summed E-state index contributed by atoms with van der Waals surface area (Å²) in [5.41, 5.74) is 1.05. The van der Waals surface area contributed by atoms with E-state index < -0.39 is 0 Å². The Bertz CT molecular complexity index is 543. The first-order valence-corrected chi connectivity index (χ1v) is 9.70. The quantitative estimate of drug-likeness (QED) is 0.873. The maximum Gasteiger partial charge on any atom is 0.242 e. The van der Waals surface area contributed by atoms with Gasteiger partial charge in [-0.25, -0.2) is 0 Å². The van der Waals surface area contributed by atoms with E-state index in [2.05, 4.69) is 24.1 Å². The van der Waals surface area contributed by atoms with Gasteiger partial charge in [-0.05, 0) is 48.8 Å². The molecule has 1 aliphatic carbocycles. The molecule has 0 unspecified atom stereocenters. The van der Waals surface area contributed by atoms with Gasteiger partial charge in [0.15, 0.2) is 0 Å². The molecule has 0 bridgehead atoms. The molecule has 1 N–H and O–H groups in total. The maximum absolute atomic E-state index is 13.1. The van der Waals surface area contributed by atoms with Crippen LogP contribution in [0.15, 0.2) is 24.3 Å². The number of piperidine rings is 1. The highest BCUT2D eigenvalue weighted by Gasteiger charge is 2.34. The number of benzene rings is 1. The molecule has 3 nitrogen and oxygen atoms in total. The van der Waals surface area contributed by atoms with Crippen LogP contribution in [-0.2, 0) is 4.79 Å². The summed E-state index contributed by atoms with van der Waals surface area (Å²) in [4.78, 5) is 15.5. The number of hydrogen-bond donors (Lipinski definition) is 1. The number of rotatable bonds is 4. The molecule has 1 heterocycles. The second-order valence-corrected chi connectivity index (χ2v) is 8.28. The van der Waals surface area contributed by atoms with E-state index in [1.807, 2.05) is 24.3 Å². The Balaban J connectivity index is 1.82. The molecule has 0 spiro atoms. The molecular formula is C20H29ClN2O. The normalized spacial score (nSPS) is 27.1. The van der Waals surface area contributed by atoms with Gasteiger partial charge in [0.25, 0.3) is 0 Å². The van der Waals surface area contributed by atoms with Crippen molar-refractivity contribution in [1.29, 1.82) is 0 Å². The maximum atomic E-state index is 13.1. The number of nitrogens with one attached hydrogen (secondary N) is 1. The topological polar surface area (TPSA) is 32.3 Å². The molecule has 2 fully saturated rings. The first-order chi connectivity index (χ1) is 11.5. The summed E-state index contributed by atoms with van der Waals surface area (Å²) in [6, 6.07) is 7.95. The second-order valence-electron chi connectivity index (χ2n) is 7.84. The Morgan fingerprint density at radius 3 is 2.29 bits per heavy atom. The largest absolute Gasteiger partial charge is 0.352 e. The third-order valence-corrected chi connectivity index (χ3v) is 5.65. The third-order valence-electron chi connectivity index (χ3n) is 5.40. The fourth-order valence-electron chi connectivity index (χ4n) is 4.45. The first kappa shape index (κ1) is 17.8. The summed E-state index contributed by atoms with van der Waals surface area (Å²) in [5, 5.41) is 4.02. The van der Waals surface area contributed by atoms with E-state index in [4.69, 9.17) is 11.6 Å². The molecular weight excluding hydrogens is 320 g/mol. The van der Waals surface area contributed by atoms with E-state index >= 15 is 0 Å². The zero-order valence-electron chi connectivity index (χ0n) is 14.8. The molecule has 1 saturated heterocycles. The number of nitrogens with zero attached hydrogens (tertiary/aromatic N) is 1. The standard InChI is InChI=1S/C20H29ClN2O/c1-14-11-15(2)13-23(12-14)19(16-7-9-17(21)10-8-16)20(24)22-18-5-3-4-6-18/h7-10,14-15,18-19H,3-6,11-13H2,1-2H3,(H,22,24)/t14-,15+,19-/m0/s1. The lowest BCUT2D eigenvalue weighted by atomic mass is 9.89. The third kappa shape index (κ3) is 4.31. The Hall–Kier alpha value is -1.06. The molecule has 1 amide bonds. The van der Waals surface area contributed by atoms with E-state index in [0.717, 1.165) is 31.5 Å². The Morgan fingerprint density at radius 2 is 1.71 bits per heavy atom. The lowest BCUT2D eigenvalue weighted by molar-refractivity contribution is -0.128. The van der Waals surface area contributed by atoms with Crippen molar-refractivity contribution < 1.29 is 4.79 Å². The zero-order valence-corrected chi connectivity index (χ0v) is 15.6. The highest BCUT2D eigenvalue weighted by molar-refractivity contribution is 6.30. The van der Waals surface area contributed by atoms with Gasteiger partial charge in [0.1, 0.15) is 6.04 Å². The van der Waals surface area contributed by atoms with Crippen molar-refractivity contribution in [3.63, 3.8) is 0 Å². The van der Waals surface area contributed by atoms with Crippen molar-refractivity contribution in [2.45, 2.75) is 58.0 Å². The molecule has 4 heteroatoms. The minimum absolute atomic E-state index is 0.158. The van der Waals surface area contributed by atoms with E-state index in [-0.39, 0.29) is 11.9 Å². The number of carbonyl (C=O) groups is 1. The van der Waals surface area contributed by atoms with E-state index in [0.29, 0.717) is 22.9 Å². The van der Waals surface area contributed by atoms with Crippen LogP contribution in [0.1, 0.15) is 57.6 Å². The van der Waals surface area contributed by atoms with Gasteiger partial charge in [-0.1, -0.05) is 50.4 Å². The van der Waals surface area contributed by atoms with Gasteiger partial charge in [-0.15, -0.1) is 0 Å². The Kier molecular flexibility index (Phi) is 5.83. The summed E-state index contributed by atoms with van der Waals surface area (Å²) in [5.74, 6) is 1.41. The fraction of sp³-hybridized carbons (Fsp3) is 0.650. The summed E-state index contributed by atoms with van der Waals surface area (Å²) in [7, 11) is 0. The zero-order chi connectivity index (χ0) is 17.1. The average Bonchev–Trinajstić information content (AvgIpc) is 3.01. The number of amides is 1. The molecule has 1 saturated carbocycles. The Labute approximate surface area is 150 Å². The van der Waals surface area contributed by atoms with Crippen LogP contribution in [0, 0.1) is 11.8 Å². The molecule has 3 rings (SSSR count). The van der Waals surface area contributed by atoms with Crippen LogP contribution in [-0.4, -0.2) is 29.9 Å². The van der Waals surface area contributed by atoms with Crippen molar-refractivity contribution in [3.05, 3.63) is 34.9 Å². The van der Waals surface area contributed by atoms with Gasteiger partial charge in [-0.3, -0.25) is 9.69 Å². The molecule has 1 aliphatic heterocycles. The molecule has 24 heavy (non-hydrogen) atoms. The van der Waals surface area contributed by atoms with Gasteiger partial charge >= 0.3 is 0 Å². The van der Waals surface area contributed by atoms with Crippen molar-refractivity contribution >= 4 is 17.5 Å². The van der Waals surface area contributed by atoms with Crippen molar-refractivity contribution in [2.75, 3.05) is 13.1 Å². The van der Waals surface area contributed by atoms with Gasteiger partial charge in [-0.2, -0.15) is 0 Å². The summed E-state index contributed by atoms with van der Waals surface area (Å²) >= 11 is 6.05. The summed E-state index contributed by atoms with van der Waals surface area (Å²) < 4.78 is 0. The van der Waals surface area contributed by atoms with Gasteiger partial charge in [0.05, 0.1) is 0 Å². The fourth-order valence-corrected chi connectivity index (χ4v) is 4.57. The van der Waals surface area contributed by atoms with Crippen LogP contribution in [0.5, 0.6) is 0 Å². The first-order valence-electron chi connectivity index (χ1n) is 9.33. The molecule has 0 aromatic heterocycles. The molecule has 1 aromatic rings. The number of halogens is 1. The number of hydrogen-bond acceptors (Lipinski definition) is 2. The lowest BCUT2D eigenvalue weighted by Gasteiger charge is -2.40.